The maximum atomic E-state index is 13.4. The van der Waals surface area contributed by atoms with Gasteiger partial charge in [-0.05, 0) is 81.7 Å². The Morgan fingerprint density at radius 3 is 2.32 bits per heavy atom. The molecule has 4 aliphatic rings. The first-order valence-corrected chi connectivity index (χ1v) is 26.1. The van der Waals surface area contributed by atoms with Crippen molar-refractivity contribution in [2.24, 2.45) is 10.8 Å². The van der Waals surface area contributed by atoms with E-state index in [0.29, 0.717) is 89.3 Å². The summed E-state index contributed by atoms with van der Waals surface area (Å²) in [5.74, 6) is 2.45. The number of halogens is 1. The Balaban J connectivity index is 0.688. The van der Waals surface area contributed by atoms with Crippen molar-refractivity contribution in [1.82, 2.24) is 30.6 Å². The molecule has 2 saturated carbocycles. The molecule has 19 heteroatoms. The Morgan fingerprint density at radius 1 is 0.890 bits per heavy atom. The Kier molecular flexibility index (Phi) is 16.9. The van der Waals surface area contributed by atoms with Crippen LogP contribution in [-0.2, 0) is 14.3 Å². The van der Waals surface area contributed by atoms with Crippen LogP contribution in [0.2, 0.25) is 5.02 Å². The minimum absolute atomic E-state index is 0.0674. The number of aromatic nitrogens is 4. The Hall–Kier alpha value is -6.29. The molecule has 3 amide bonds. The summed E-state index contributed by atoms with van der Waals surface area (Å²) in [5, 5.41) is 19.1. The molecule has 2 aromatic carbocycles. The van der Waals surface area contributed by atoms with E-state index in [-0.39, 0.29) is 48.1 Å². The minimum Gasteiger partial charge on any atom is -0.495 e. The molecular formula is C54H70ClN11O7. The smallest absolute Gasteiger partial charge is 0.254 e. The second-order valence-corrected chi connectivity index (χ2v) is 21.1. The zero-order valence-electron chi connectivity index (χ0n) is 43.2. The largest absolute Gasteiger partial charge is 0.495 e. The monoisotopic (exact) mass is 1020 g/mol. The van der Waals surface area contributed by atoms with Gasteiger partial charge in [-0.3, -0.25) is 14.4 Å². The summed E-state index contributed by atoms with van der Waals surface area (Å²) in [7, 11) is 3.35. The van der Waals surface area contributed by atoms with Gasteiger partial charge in [-0.1, -0.05) is 59.1 Å². The number of amides is 3. The Morgan fingerprint density at radius 2 is 1.63 bits per heavy atom. The fourth-order valence-corrected chi connectivity index (χ4v) is 11.5. The molecule has 8 rings (SSSR count). The molecule has 3 N–H and O–H groups in total. The molecule has 0 bridgehead atoms. The van der Waals surface area contributed by atoms with E-state index in [2.05, 4.69) is 74.5 Å². The molecule has 0 spiro atoms. The zero-order valence-corrected chi connectivity index (χ0v) is 44.0. The van der Waals surface area contributed by atoms with E-state index >= 15 is 0 Å². The molecule has 3 fully saturated rings. The van der Waals surface area contributed by atoms with Gasteiger partial charge in [0.25, 0.3) is 11.8 Å². The Labute approximate surface area is 433 Å². The Bertz CT molecular complexity index is 2620. The van der Waals surface area contributed by atoms with E-state index in [1.165, 1.54) is 0 Å². The number of hydrogen-bond acceptors (Lipinski definition) is 15. The van der Waals surface area contributed by atoms with Gasteiger partial charge >= 0.3 is 0 Å². The van der Waals surface area contributed by atoms with Crippen LogP contribution in [0.25, 0.3) is 0 Å². The van der Waals surface area contributed by atoms with Gasteiger partial charge in [0.15, 0.2) is 5.82 Å². The minimum atomic E-state index is -0.391. The normalized spacial score (nSPS) is 20.5. The van der Waals surface area contributed by atoms with Gasteiger partial charge in [-0.15, -0.1) is 0 Å². The number of piperidine rings is 1. The van der Waals surface area contributed by atoms with E-state index in [0.717, 1.165) is 76.7 Å². The summed E-state index contributed by atoms with van der Waals surface area (Å²) in [4.78, 5) is 64.4. The molecule has 2 aliphatic carbocycles. The first kappa shape index (κ1) is 53.0. The molecule has 4 aromatic rings. The van der Waals surface area contributed by atoms with E-state index in [4.69, 9.17) is 35.5 Å². The van der Waals surface area contributed by atoms with Crippen molar-refractivity contribution >= 4 is 58.4 Å². The third-order valence-corrected chi connectivity index (χ3v) is 15.3. The van der Waals surface area contributed by atoms with Crippen molar-refractivity contribution in [2.45, 2.75) is 129 Å². The number of carbonyl (C=O) groups excluding carboxylic acids is 3. The van der Waals surface area contributed by atoms with Gasteiger partial charge < -0.3 is 49.6 Å². The first-order chi connectivity index (χ1) is 35.1. The van der Waals surface area contributed by atoms with Crippen LogP contribution in [0, 0.1) is 22.2 Å². The van der Waals surface area contributed by atoms with Crippen LogP contribution in [0.3, 0.4) is 0 Å². The molecule has 390 valence electrons. The van der Waals surface area contributed by atoms with Crippen LogP contribution < -0.4 is 40.1 Å². The van der Waals surface area contributed by atoms with Crippen LogP contribution in [0.5, 0.6) is 11.5 Å². The van der Waals surface area contributed by atoms with Crippen LogP contribution in [-0.4, -0.2) is 122 Å². The standard InChI is InChI=1S/C54H70ClN11O7/c1-8-42-48(69)64(6)43-33-58-51(62-45(43)66(42)37-14-10-11-15-37)61-41-19-17-34(28-44(41)70-7)46(67)57-22-12-9-13-25-71-26-27-72-38-20-23-65(24-21-38)52-59-31-36(32-60-52)47(68)63-49-53(2,3)50(54(49,4)5)73-39-18-16-35(30-56)40(55)29-39/h16-19,28-29,31-33,37-38,42,49-50H,8-15,20-27H2,1-7H3,(H,57,67)(H,63,68)(H,58,61,62)/t42-,49?,50?/m1/s1. The fraction of sp³-hybridized carbons (Fsp3) is 0.556. The number of unbranched alkanes of at least 4 members (excludes halogenated alkanes) is 2. The van der Waals surface area contributed by atoms with E-state index < -0.39 is 10.8 Å². The van der Waals surface area contributed by atoms with Crippen LogP contribution in [0.1, 0.15) is 125 Å². The highest BCUT2D eigenvalue weighted by Gasteiger charge is 2.64. The number of anilines is 5. The molecule has 1 atom stereocenters. The predicted molar refractivity (Wildman–Crippen MR) is 280 cm³/mol. The number of nitrogens with one attached hydrogen (secondary N) is 3. The summed E-state index contributed by atoms with van der Waals surface area (Å²) in [6, 6.07) is 12.2. The van der Waals surface area contributed by atoms with E-state index in [9.17, 15) is 19.6 Å². The number of likely N-dealkylation sites (N-methyl/N-ethyl adjacent to an activating group) is 1. The number of ether oxygens (including phenoxy) is 4. The second kappa shape index (κ2) is 23.3. The lowest BCUT2D eigenvalue weighted by atomic mass is 9.49. The second-order valence-electron chi connectivity index (χ2n) is 20.7. The van der Waals surface area contributed by atoms with Crippen molar-refractivity contribution in [3.63, 3.8) is 0 Å². The van der Waals surface area contributed by atoms with Crippen molar-refractivity contribution in [2.75, 3.05) is 73.6 Å². The highest BCUT2D eigenvalue weighted by atomic mass is 35.5. The number of nitrogens with zero attached hydrogens (tertiary/aromatic N) is 8. The lowest BCUT2D eigenvalue weighted by Crippen LogP contribution is -2.74. The average molecular weight is 1020 g/mol. The highest BCUT2D eigenvalue weighted by molar-refractivity contribution is 6.31. The van der Waals surface area contributed by atoms with Gasteiger partial charge in [0.05, 0.1) is 54.5 Å². The number of carbonyl (C=O) groups is 3. The average Bonchev–Trinajstić information content (AvgIpc) is 3.93. The molecule has 2 aliphatic heterocycles. The molecule has 2 aromatic heterocycles. The van der Waals surface area contributed by atoms with E-state index in [1.54, 1.807) is 74.0 Å². The van der Waals surface area contributed by atoms with Gasteiger partial charge in [0, 0.05) is 80.2 Å². The maximum Gasteiger partial charge on any atom is 0.254 e. The van der Waals surface area contributed by atoms with Crippen molar-refractivity contribution in [1.29, 1.82) is 5.26 Å². The van der Waals surface area contributed by atoms with E-state index in [1.807, 2.05) is 6.92 Å². The topological polar surface area (TPSA) is 209 Å². The van der Waals surface area contributed by atoms with Gasteiger partial charge in [-0.25, -0.2) is 15.0 Å². The quantitative estimate of drug-likeness (QED) is 0.0671. The maximum absolute atomic E-state index is 13.4. The predicted octanol–water partition coefficient (Wildman–Crippen LogP) is 8.26. The van der Waals surface area contributed by atoms with Crippen molar-refractivity contribution in [3.8, 4) is 17.6 Å². The van der Waals surface area contributed by atoms with Crippen LogP contribution in [0.4, 0.5) is 29.1 Å². The number of hydrogen-bond donors (Lipinski definition) is 3. The highest BCUT2D eigenvalue weighted by Crippen LogP contribution is 2.55. The first-order valence-electron chi connectivity index (χ1n) is 25.7. The molecular weight excluding hydrogens is 950 g/mol. The number of benzene rings is 2. The number of fused-ring (bicyclic) bond motifs is 1. The number of nitriles is 1. The summed E-state index contributed by atoms with van der Waals surface area (Å²) < 4.78 is 24.0. The molecule has 4 heterocycles. The zero-order chi connectivity index (χ0) is 51.9. The van der Waals surface area contributed by atoms with Crippen LogP contribution >= 0.6 is 11.6 Å². The summed E-state index contributed by atoms with van der Waals surface area (Å²) in [6.45, 7) is 14.0. The lowest BCUT2D eigenvalue weighted by Gasteiger charge is -2.63. The van der Waals surface area contributed by atoms with Gasteiger partial charge in [0.1, 0.15) is 35.4 Å². The summed E-state index contributed by atoms with van der Waals surface area (Å²) in [5.41, 5.74) is 1.81. The van der Waals surface area contributed by atoms with Crippen molar-refractivity contribution < 1.29 is 33.3 Å². The molecule has 0 radical (unpaired) electrons. The molecule has 0 unspecified atom stereocenters. The third kappa shape index (κ3) is 11.7. The summed E-state index contributed by atoms with van der Waals surface area (Å²) >= 11 is 6.25. The number of rotatable bonds is 21. The van der Waals surface area contributed by atoms with Gasteiger partial charge in [-0.2, -0.15) is 10.2 Å². The lowest BCUT2D eigenvalue weighted by molar-refractivity contribution is -0.164. The van der Waals surface area contributed by atoms with Gasteiger partial charge in [0.2, 0.25) is 17.8 Å². The van der Waals surface area contributed by atoms with Crippen LogP contribution in [0.15, 0.2) is 55.0 Å². The molecule has 18 nitrogen and oxygen atoms in total. The fourth-order valence-electron chi connectivity index (χ4n) is 11.3. The SMILES string of the molecule is CC[C@@H]1C(=O)N(C)c2cnc(Nc3ccc(C(=O)NCCCCCOCCOC4CCN(c5ncc(C(=O)NC6C(C)(C)C(Oc7ccc(C#N)c(Cl)c7)C6(C)C)cn5)CC4)cc3OC)nc2N1C1CCCC1. The molecule has 1 saturated heterocycles. The third-order valence-electron chi connectivity index (χ3n) is 15.0. The molecule has 73 heavy (non-hydrogen) atoms. The number of methoxy groups -OCH3 is 1. The summed E-state index contributed by atoms with van der Waals surface area (Å²) in [6.07, 6.45) is 14.1. The van der Waals surface area contributed by atoms with Crippen molar-refractivity contribution in [3.05, 3.63) is 76.7 Å².